The van der Waals surface area contributed by atoms with Crippen LogP contribution >= 0.6 is 27.3 Å². The fourth-order valence-corrected chi connectivity index (χ4v) is 4.78. The summed E-state index contributed by atoms with van der Waals surface area (Å²) in [5.41, 5.74) is 4.48. The number of hydrogen-bond donors (Lipinski definition) is 1. The van der Waals surface area contributed by atoms with E-state index < -0.39 is 0 Å². The zero-order valence-electron chi connectivity index (χ0n) is 16.8. The second kappa shape index (κ2) is 8.16. The van der Waals surface area contributed by atoms with Gasteiger partial charge in [-0.05, 0) is 50.1 Å². The molecular weight excluding hydrogens is 462 g/mol. The lowest BCUT2D eigenvalue weighted by atomic mass is 10.0. The third-order valence-corrected chi connectivity index (χ3v) is 6.50. The number of amides is 1. The Kier molecular flexibility index (Phi) is 5.58. The van der Waals surface area contributed by atoms with Gasteiger partial charge < -0.3 is 5.32 Å². The molecule has 1 amide bonds. The van der Waals surface area contributed by atoms with Gasteiger partial charge in [-0.15, -0.1) is 11.3 Å². The van der Waals surface area contributed by atoms with Crippen molar-refractivity contribution in [3.05, 3.63) is 79.6 Å². The predicted molar refractivity (Wildman–Crippen MR) is 126 cm³/mol. The highest BCUT2D eigenvalue weighted by Gasteiger charge is 2.18. The molecule has 5 nitrogen and oxygen atoms in total. The molecule has 7 heteroatoms. The normalized spacial score (nSPS) is 11.1. The molecule has 0 radical (unpaired) electrons. The van der Waals surface area contributed by atoms with Crippen LogP contribution in [-0.2, 0) is 11.3 Å². The molecule has 0 aliphatic carbocycles. The van der Waals surface area contributed by atoms with E-state index >= 15 is 0 Å². The number of carbonyl (C=O) groups excluding carboxylic acids is 1. The van der Waals surface area contributed by atoms with Gasteiger partial charge in [-0.3, -0.25) is 14.2 Å². The summed E-state index contributed by atoms with van der Waals surface area (Å²) in [7, 11) is 0. The van der Waals surface area contributed by atoms with Gasteiger partial charge in [0.2, 0.25) is 5.91 Å². The Bertz CT molecular complexity index is 1320. The molecule has 0 saturated carbocycles. The third kappa shape index (κ3) is 3.95. The van der Waals surface area contributed by atoms with E-state index in [1.54, 1.807) is 0 Å². The average molecular weight is 482 g/mol. The molecule has 0 aliphatic heterocycles. The second-order valence-electron chi connectivity index (χ2n) is 7.26. The summed E-state index contributed by atoms with van der Waals surface area (Å²) in [4.78, 5) is 32.0. The van der Waals surface area contributed by atoms with Gasteiger partial charge in [0.15, 0.2) is 0 Å². The molecule has 0 atom stereocenters. The highest BCUT2D eigenvalue weighted by Crippen LogP contribution is 2.35. The monoisotopic (exact) mass is 481 g/mol. The van der Waals surface area contributed by atoms with Gasteiger partial charge in [0.25, 0.3) is 5.56 Å². The van der Waals surface area contributed by atoms with Crippen LogP contribution in [0.4, 0.5) is 5.69 Å². The first-order chi connectivity index (χ1) is 14.3. The molecule has 4 rings (SSSR count). The first kappa shape index (κ1) is 20.5. The number of fused-ring (bicyclic) bond motifs is 1. The van der Waals surface area contributed by atoms with Crippen molar-refractivity contribution >= 4 is 49.1 Å². The van der Waals surface area contributed by atoms with Crippen molar-refractivity contribution in [1.29, 1.82) is 0 Å². The number of benzene rings is 2. The predicted octanol–water partition coefficient (Wildman–Crippen LogP) is 5.45. The van der Waals surface area contributed by atoms with Gasteiger partial charge in [-0.1, -0.05) is 45.8 Å². The first-order valence-electron chi connectivity index (χ1n) is 9.45. The Balaban J connectivity index is 1.69. The Morgan fingerprint density at radius 1 is 1.13 bits per heavy atom. The van der Waals surface area contributed by atoms with Crippen LogP contribution in [0, 0.1) is 20.8 Å². The van der Waals surface area contributed by atoms with Crippen LogP contribution in [0.3, 0.4) is 0 Å². The molecule has 4 aromatic rings. The molecule has 0 spiro atoms. The SMILES string of the molecule is Cc1ccc(NC(=O)Cn2cnc3sc(C)c(-c4ccc(Br)cc4)c3c2=O)c(C)c1. The largest absolute Gasteiger partial charge is 0.324 e. The van der Waals surface area contributed by atoms with E-state index in [0.29, 0.717) is 10.2 Å². The van der Waals surface area contributed by atoms with Crippen LogP contribution in [0.5, 0.6) is 0 Å². The Hall–Kier alpha value is -2.77. The van der Waals surface area contributed by atoms with Crippen molar-refractivity contribution in [2.45, 2.75) is 27.3 Å². The minimum Gasteiger partial charge on any atom is -0.324 e. The maximum atomic E-state index is 13.2. The summed E-state index contributed by atoms with van der Waals surface area (Å²) in [5, 5.41) is 3.45. The molecule has 0 unspecified atom stereocenters. The van der Waals surface area contributed by atoms with Gasteiger partial charge in [0.1, 0.15) is 11.4 Å². The molecule has 30 heavy (non-hydrogen) atoms. The maximum Gasteiger partial charge on any atom is 0.263 e. The molecule has 2 aromatic heterocycles. The summed E-state index contributed by atoms with van der Waals surface area (Å²) in [6.45, 7) is 5.84. The van der Waals surface area contributed by atoms with Crippen LogP contribution in [0.25, 0.3) is 21.3 Å². The van der Waals surface area contributed by atoms with Crippen molar-refractivity contribution in [3.8, 4) is 11.1 Å². The number of aryl methyl sites for hydroxylation is 3. The zero-order valence-corrected chi connectivity index (χ0v) is 19.2. The minimum absolute atomic E-state index is 0.0935. The smallest absolute Gasteiger partial charge is 0.263 e. The van der Waals surface area contributed by atoms with Crippen LogP contribution in [0.2, 0.25) is 0 Å². The van der Waals surface area contributed by atoms with Crippen LogP contribution in [-0.4, -0.2) is 15.5 Å². The van der Waals surface area contributed by atoms with Gasteiger partial charge >= 0.3 is 0 Å². The van der Waals surface area contributed by atoms with Gasteiger partial charge in [0, 0.05) is 20.6 Å². The summed E-state index contributed by atoms with van der Waals surface area (Å²) < 4.78 is 2.34. The van der Waals surface area contributed by atoms with Crippen molar-refractivity contribution in [2.24, 2.45) is 0 Å². The topological polar surface area (TPSA) is 64.0 Å². The van der Waals surface area contributed by atoms with Crippen LogP contribution in [0.1, 0.15) is 16.0 Å². The van der Waals surface area contributed by atoms with Gasteiger partial charge in [0.05, 0.1) is 11.7 Å². The molecule has 1 N–H and O–H groups in total. The number of anilines is 1. The molecular formula is C23H20BrN3O2S. The van der Waals surface area contributed by atoms with E-state index in [2.05, 4.69) is 26.2 Å². The van der Waals surface area contributed by atoms with E-state index in [1.165, 1.54) is 22.2 Å². The molecule has 0 bridgehead atoms. The number of aromatic nitrogens is 2. The quantitative estimate of drug-likeness (QED) is 0.421. The van der Waals surface area contributed by atoms with Gasteiger partial charge in [-0.25, -0.2) is 4.98 Å². The lowest BCUT2D eigenvalue weighted by Gasteiger charge is -2.10. The zero-order chi connectivity index (χ0) is 21.4. The molecule has 0 aliphatic rings. The first-order valence-corrected chi connectivity index (χ1v) is 11.1. The Labute approximate surface area is 186 Å². The van der Waals surface area contributed by atoms with Gasteiger partial charge in [-0.2, -0.15) is 0 Å². The van der Waals surface area contributed by atoms with E-state index in [1.807, 2.05) is 63.2 Å². The maximum absolute atomic E-state index is 13.2. The molecule has 0 fully saturated rings. The summed E-state index contributed by atoms with van der Waals surface area (Å²) in [6.07, 6.45) is 1.45. The average Bonchev–Trinajstić information content (AvgIpc) is 3.04. The number of rotatable bonds is 4. The lowest BCUT2D eigenvalue weighted by molar-refractivity contribution is -0.116. The molecule has 152 valence electrons. The Morgan fingerprint density at radius 2 is 1.87 bits per heavy atom. The van der Waals surface area contributed by atoms with Crippen molar-refractivity contribution < 1.29 is 4.79 Å². The van der Waals surface area contributed by atoms with Crippen molar-refractivity contribution in [3.63, 3.8) is 0 Å². The fraction of sp³-hybridized carbons (Fsp3) is 0.174. The summed E-state index contributed by atoms with van der Waals surface area (Å²) in [5.74, 6) is -0.262. The van der Waals surface area contributed by atoms with E-state index in [0.717, 1.165) is 37.3 Å². The number of carbonyl (C=O) groups is 1. The van der Waals surface area contributed by atoms with Crippen LogP contribution < -0.4 is 10.9 Å². The highest BCUT2D eigenvalue weighted by atomic mass is 79.9. The third-order valence-electron chi connectivity index (χ3n) is 4.96. The fourth-order valence-electron chi connectivity index (χ4n) is 3.51. The molecule has 0 saturated heterocycles. The minimum atomic E-state index is -0.262. The Morgan fingerprint density at radius 3 is 2.57 bits per heavy atom. The summed E-state index contributed by atoms with van der Waals surface area (Å²) >= 11 is 4.93. The van der Waals surface area contributed by atoms with Crippen molar-refractivity contribution in [1.82, 2.24) is 9.55 Å². The number of nitrogens with one attached hydrogen (secondary N) is 1. The lowest BCUT2D eigenvalue weighted by Crippen LogP contribution is -2.28. The number of hydrogen-bond acceptors (Lipinski definition) is 4. The number of thiophene rings is 1. The summed E-state index contributed by atoms with van der Waals surface area (Å²) in [6, 6.07) is 13.7. The number of halogens is 1. The molecule has 2 aromatic carbocycles. The molecule has 2 heterocycles. The van der Waals surface area contributed by atoms with Crippen molar-refractivity contribution in [2.75, 3.05) is 5.32 Å². The second-order valence-corrected chi connectivity index (χ2v) is 9.38. The number of nitrogens with zero attached hydrogens (tertiary/aromatic N) is 2. The highest BCUT2D eigenvalue weighted by molar-refractivity contribution is 9.10. The van der Waals surface area contributed by atoms with E-state index in [9.17, 15) is 9.59 Å². The van der Waals surface area contributed by atoms with E-state index in [4.69, 9.17) is 0 Å². The standard InChI is InChI=1S/C23H20BrN3O2S/c1-13-4-9-18(14(2)10-13)26-19(28)11-27-12-25-22-21(23(27)29)20(15(3)30-22)16-5-7-17(24)8-6-16/h4-10,12H,11H2,1-3H3,(H,26,28). The van der Waals surface area contributed by atoms with E-state index in [-0.39, 0.29) is 18.0 Å². The van der Waals surface area contributed by atoms with Crippen LogP contribution in [0.15, 0.2) is 58.1 Å².